The van der Waals surface area contributed by atoms with Crippen molar-refractivity contribution in [3.63, 3.8) is 0 Å². The van der Waals surface area contributed by atoms with Crippen LogP contribution in [0.3, 0.4) is 0 Å². The van der Waals surface area contributed by atoms with Crippen molar-refractivity contribution in [3.05, 3.63) is 23.3 Å². The number of alkyl halides is 3. The van der Waals surface area contributed by atoms with Gasteiger partial charge in [0.1, 0.15) is 11.7 Å². The molecule has 0 fully saturated rings. The van der Waals surface area contributed by atoms with Crippen LogP contribution >= 0.6 is 0 Å². The first-order valence-corrected chi connectivity index (χ1v) is 4.70. The van der Waals surface area contributed by atoms with Gasteiger partial charge < -0.3 is 10.1 Å². The van der Waals surface area contributed by atoms with Crippen molar-refractivity contribution in [2.45, 2.75) is 24.8 Å². The number of hydrogen-bond donors (Lipinski definition) is 1. The first kappa shape index (κ1) is 11.2. The van der Waals surface area contributed by atoms with Crippen LogP contribution in [0.5, 0.6) is 0 Å². The summed E-state index contributed by atoms with van der Waals surface area (Å²) in [7, 11) is 1.29. The van der Waals surface area contributed by atoms with Crippen molar-refractivity contribution in [1.29, 1.82) is 0 Å². The van der Waals surface area contributed by atoms with Gasteiger partial charge >= 0.3 is 6.18 Å². The van der Waals surface area contributed by atoms with E-state index in [0.717, 1.165) is 0 Å². The van der Waals surface area contributed by atoms with Gasteiger partial charge in [-0.1, -0.05) is 6.08 Å². The summed E-state index contributed by atoms with van der Waals surface area (Å²) < 4.78 is 43.5. The predicted octanol–water partition coefficient (Wildman–Crippen LogP) is 1.32. The number of fused-ring (bicyclic) bond motifs is 2. The predicted molar refractivity (Wildman–Crippen MR) is 49.6 cm³/mol. The molecule has 0 aliphatic carbocycles. The largest absolute Gasteiger partial charge is 0.416 e. The lowest BCUT2D eigenvalue weighted by molar-refractivity contribution is -0.119. The highest BCUT2D eigenvalue weighted by Crippen LogP contribution is 2.48. The van der Waals surface area contributed by atoms with Crippen LogP contribution in [0, 0.1) is 0 Å². The molecule has 0 radical (unpaired) electrons. The minimum atomic E-state index is -4.55. The third-order valence-electron chi connectivity index (χ3n) is 2.77. The molecular formula is C10H10F3NO2. The van der Waals surface area contributed by atoms with Crippen molar-refractivity contribution in [2.75, 3.05) is 7.05 Å². The Labute approximate surface area is 90.0 Å². The number of ether oxygens (including phenoxy) is 1. The van der Waals surface area contributed by atoms with Crippen molar-refractivity contribution < 1.29 is 22.7 Å². The molecular weight excluding hydrogens is 223 g/mol. The summed E-state index contributed by atoms with van der Waals surface area (Å²) in [6.07, 6.45) is -2.89. The number of hydrogen-bond acceptors (Lipinski definition) is 2. The summed E-state index contributed by atoms with van der Waals surface area (Å²) in [5, 5.41) is 2.21. The highest BCUT2D eigenvalue weighted by molar-refractivity contribution is 5.98. The van der Waals surface area contributed by atoms with E-state index in [1.807, 2.05) is 0 Å². The van der Waals surface area contributed by atoms with Crippen molar-refractivity contribution in [2.24, 2.45) is 0 Å². The van der Waals surface area contributed by atoms with Crippen molar-refractivity contribution in [1.82, 2.24) is 5.32 Å². The Kier molecular flexibility index (Phi) is 2.17. The van der Waals surface area contributed by atoms with E-state index in [2.05, 4.69) is 5.32 Å². The standard InChI is InChI=1S/C10H10F3NO2/c1-9-4-3-5(16-9)6(10(11,12)13)7(9)8(15)14-2/h3-5H,1-2H3,(H,14,15). The Morgan fingerprint density at radius 3 is 2.69 bits per heavy atom. The van der Waals surface area contributed by atoms with Crippen molar-refractivity contribution >= 4 is 5.91 Å². The number of halogens is 3. The highest BCUT2D eigenvalue weighted by atomic mass is 19.4. The average molecular weight is 233 g/mol. The topological polar surface area (TPSA) is 38.3 Å². The van der Waals surface area contributed by atoms with E-state index in [1.165, 1.54) is 26.1 Å². The molecule has 6 heteroatoms. The number of carbonyl (C=O) groups excluding carboxylic acids is 1. The summed E-state index contributed by atoms with van der Waals surface area (Å²) in [5.74, 6) is -0.748. The Morgan fingerprint density at radius 2 is 2.19 bits per heavy atom. The molecule has 1 amide bonds. The molecule has 0 aromatic heterocycles. The van der Waals surface area contributed by atoms with E-state index in [1.54, 1.807) is 0 Å². The lowest BCUT2D eigenvalue weighted by Crippen LogP contribution is -2.35. The monoisotopic (exact) mass is 233 g/mol. The molecule has 2 atom stereocenters. The minimum Gasteiger partial charge on any atom is -0.355 e. The third-order valence-corrected chi connectivity index (χ3v) is 2.77. The molecule has 1 N–H and O–H groups in total. The van der Waals surface area contributed by atoms with Crippen LogP contribution < -0.4 is 5.32 Å². The van der Waals surface area contributed by atoms with Gasteiger partial charge in [-0.25, -0.2) is 0 Å². The summed E-state index contributed by atoms with van der Waals surface area (Å²) in [4.78, 5) is 11.5. The summed E-state index contributed by atoms with van der Waals surface area (Å²) in [5.41, 5.74) is -2.48. The molecule has 3 nitrogen and oxygen atoms in total. The van der Waals surface area contributed by atoms with Gasteiger partial charge in [-0.05, 0) is 13.0 Å². The molecule has 0 aromatic carbocycles. The SMILES string of the molecule is CNC(=O)C1=C(C(F)(F)F)C2C=CC1(C)O2. The summed E-state index contributed by atoms with van der Waals surface area (Å²) >= 11 is 0. The number of carbonyl (C=O) groups is 1. The van der Waals surface area contributed by atoms with Gasteiger partial charge in [-0.2, -0.15) is 13.2 Å². The molecule has 2 unspecified atom stereocenters. The molecule has 2 heterocycles. The number of amides is 1. The fraction of sp³-hybridized carbons (Fsp3) is 0.500. The molecule has 2 bridgehead atoms. The van der Waals surface area contributed by atoms with E-state index < -0.39 is 29.4 Å². The molecule has 0 saturated carbocycles. The molecule has 0 spiro atoms. The molecule has 2 rings (SSSR count). The van der Waals surface area contributed by atoms with E-state index in [-0.39, 0.29) is 5.57 Å². The molecule has 0 aromatic rings. The van der Waals surface area contributed by atoms with Crippen molar-refractivity contribution in [3.8, 4) is 0 Å². The summed E-state index contributed by atoms with van der Waals surface area (Å²) in [6, 6.07) is 0. The number of rotatable bonds is 1. The lowest BCUT2D eigenvalue weighted by Gasteiger charge is -2.21. The van der Waals surface area contributed by atoms with Crippen LogP contribution in [0.1, 0.15) is 6.92 Å². The Morgan fingerprint density at radius 1 is 1.56 bits per heavy atom. The van der Waals surface area contributed by atoms with Gasteiger partial charge in [-0.15, -0.1) is 0 Å². The normalized spacial score (nSPS) is 32.4. The average Bonchev–Trinajstić information content (AvgIpc) is 2.67. The van der Waals surface area contributed by atoms with Crippen LogP contribution in [-0.2, 0) is 9.53 Å². The molecule has 16 heavy (non-hydrogen) atoms. The zero-order chi connectivity index (χ0) is 12.1. The highest BCUT2D eigenvalue weighted by Gasteiger charge is 2.56. The van der Waals surface area contributed by atoms with Gasteiger partial charge in [0, 0.05) is 7.05 Å². The van der Waals surface area contributed by atoms with E-state index in [4.69, 9.17) is 4.74 Å². The van der Waals surface area contributed by atoms with Crippen LogP contribution in [0.4, 0.5) is 13.2 Å². The second-order valence-corrected chi connectivity index (χ2v) is 3.87. The van der Waals surface area contributed by atoms with Crippen LogP contribution in [0.15, 0.2) is 23.3 Å². The zero-order valence-corrected chi connectivity index (χ0v) is 8.68. The second-order valence-electron chi connectivity index (χ2n) is 3.87. The number of nitrogens with one attached hydrogen (secondary N) is 1. The number of likely N-dealkylation sites (N-methyl/N-ethyl adjacent to an activating group) is 1. The van der Waals surface area contributed by atoms with E-state index in [9.17, 15) is 18.0 Å². The maximum Gasteiger partial charge on any atom is 0.416 e. The van der Waals surface area contributed by atoms with Gasteiger partial charge in [0.2, 0.25) is 0 Å². The first-order chi connectivity index (χ1) is 7.29. The molecule has 0 saturated heterocycles. The Balaban J connectivity index is 2.55. The van der Waals surface area contributed by atoms with Gasteiger partial charge in [0.15, 0.2) is 0 Å². The lowest BCUT2D eigenvalue weighted by atomic mass is 9.87. The van der Waals surface area contributed by atoms with Crippen LogP contribution in [0.25, 0.3) is 0 Å². The minimum absolute atomic E-state index is 0.338. The first-order valence-electron chi connectivity index (χ1n) is 4.70. The fourth-order valence-electron chi connectivity index (χ4n) is 2.10. The van der Waals surface area contributed by atoms with E-state index >= 15 is 0 Å². The fourth-order valence-corrected chi connectivity index (χ4v) is 2.10. The summed E-state index contributed by atoms with van der Waals surface area (Å²) in [6.45, 7) is 1.45. The molecule has 2 aliphatic rings. The van der Waals surface area contributed by atoms with E-state index in [0.29, 0.717) is 0 Å². The smallest absolute Gasteiger partial charge is 0.355 e. The zero-order valence-electron chi connectivity index (χ0n) is 8.68. The maximum absolute atomic E-state index is 12.8. The van der Waals surface area contributed by atoms with Gasteiger partial charge in [0.05, 0.1) is 11.1 Å². The Hall–Kier alpha value is -1.30. The van der Waals surface area contributed by atoms with Crippen LogP contribution in [-0.4, -0.2) is 30.8 Å². The maximum atomic E-state index is 12.8. The molecule has 88 valence electrons. The van der Waals surface area contributed by atoms with Crippen LogP contribution in [0.2, 0.25) is 0 Å². The molecule has 2 aliphatic heterocycles. The quantitative estimate of drug-likeness (QED) is 0.693. The Bertz CT molecular complexity index is 411. The van der Waals surface area contributed by atoms with Gasteiger partial charge in [-0.3, -0.25) is 4.79 Å². The third kappa shape index (κ3) is 1.36. The van der Waals surface area contributed by atoms with Gasteiger partial charge in [0.25, 0.3) is 5.91 Å². The second kappa shape index (κ2) is 3.10.